The van der Waals surface area contributed by atoms with Crippen molar-refractivity contribution in [2.24, 2.45) is 0 Å². The number of nitrogens with one attached hydrogen (secondary N) is 1. The van der Waals surface area contributed by atoms with Crippen LogP contribution in [0.2, 0.25) is 0 Å². The minimum Gasteiger partial charge on any atom is -0.325 e. The van der Waals surface area contributed by atoms with E-state index in [0.717, 1.165) is 20.9 Å². The van der Waals surface area contributed by atoms with Gasteiger partial charge in [-0.25, -0.2) is 8.42 Å². The van der Waals surface area contributed by atoms with Gasteiger partial charge in [0, 0.05) is 28.8 Å². The molecule has 4 rings (SSSR count). The molecule has 0 saturated carbocycles. The lowest BCUT2D eigenvalue weighted by Crippen LogP contribution is -2.38. The highest BCUT2D eigenvalue weighted by Gasteiger charge is 2.27. The van der Waals surface area contributed by atoms with E-state index in [0.29, 0.717) is 24.3 Å². The Morgan fingerprint density at radius 2 is 1.64 bits per heavy atom. The van der Waals surface area contributed by atoms with Gasteiger partial charge in [0.15, 0.2) is 0 Å². The standard InChI is InChI=1S/C24H22BrN3O4S/c25-18-8-12-21(13-9-18)28(33(31,32)22-5-2-1-3-6-22)17-23(29)26-19-10-14-20(15-11-19)27-16-4-7-24(27)30/h1-3,5-6,8-15H,4,7,16-17H2,(H,26,29). The van der Waals surface area contributed by atoms with E-state index in [1.807, 2.05) is 0 Å². The smallest absolute Gasteiger partial charge is 0.264 e. The van der Waals surface area contributed by atoms with Crippen molar-refractivity contribution in [1.82, 2.24) is 0 Å². The monoisotopic (exact) mass is 527 g/mol. The summed E-state index contributed by atoms with van der Waals surface area (Å²) in [6.07, 6.45) is 1.37. The molecule has 0 radical (unpaired) electrons. The van der Waals surface area contributed by atoms with Gasteiger partial charge >= 0.3 is 0 Å². The van der Waals surface area contributed by atoms with Crippen LogP contribution in [0.25, 0.3) is 0 Å². The fourth-order valence-corrected chi connectivity index (χ4v) is 5.33. The van der Waals surface area contributed by atoms with Crippen LogP contribution in [0.1, 0.15) is 12.8 Å². The first-order chi connectivity index (χ1) is 15.8. The zero-order chi connectivity index (χ0) is 23.4. The number of carbonyl (C=O) groups excluding carboxylic acids is 2. The van der Waals surface area contributed by atoms with Crippen LogP contribution in [0.15, 0.2) is 88.2 Å². The number of anilines is 3. The Morgan fingerprint density at radius 3 is 2.24 bits per heavy atom. The predicted octanol–water partition coefficient (Wildman–Crippen LogP) is 4.41. The van der Waals surface area contributed by atoms with Gasteiger partial charge in [0.25, 0.3) is 10.0 Å². The van der Waals surface area contributed by atoms with Gasteiger partial charge in [0.1, 0.15) is 6.54 Å². The summed E-state index contributed by atoms with van der Waals surface area (Å²) in [4.78, 5) is 26.6. The van der Waals surface area contributed by atoms with E-state index < -0.39 is 22.5 Å². The van der Waals surface area contributed by atoms with Crippen molar-refractivity contribution in [1.29, 1.82) is 0 Å². The number of carbonyl (C=O) groups is 2. The molecule has 3 aromatic carbocycles. The molecular formula is C24H22BrN3O4S. The Balaban J connectivity index is 1.54. The minimum atomic E-state index is -3.97. The van der Waals surface area contributed by atoms with E-state index >= 15 is 0 Å². The summed E-state index contributed by atoms with van der Waals surface area (Å²) in [6.45, 7) is 0.287. The molecule has 3 aromatic rings. The van der Waals surface area contributed by atoms with E-state index in [1.165, 1.54) is 12.1 Å². The number of sulfonamides is 1. The van der Waals surface area contributed by atoms with Crippen LogP contribution < -0.4 is 14.5 Å². The SMILES string of the molecule is O=C(CN(c1ccc(Br)cc1)S(=O)(=O)c1ccccc1)Nc1ccc(N2CCCC2=O)cc1. The Hall–Kier alpha value is -3.17. The third kappa shape index (κ3) is 5.26. The molecule has 1 aliphatic heterocycles. The molecule has 0 aromatic heterocycles. The number of amides is 2. The Morgan fingerprint density at radius 1 is 0.970 bits per heavy atom. The second-order valence-electron chi connectivity index (χ2n) is 7.55. The van der Waals surface area contributed by atoms with Crippen molar-refractivity contribution < 1.29 is 18.0 Å². The molecular weight excluding hydrogens is 506 g/mol. The van der Waals surface area contributed by atoms with Crippen LogP contribution >= 0.6 is 15.9 Å². The van der Waals surface area contributed by atoms with Crippen molar-refractivity contribution in [3.8, 4) is 0 Å². The molecule has 1 N–H and O–H groups in total. The summed E-state index contributed by atoms with van der Waals surface area (Å²) in [5.74, 6) is -0.398. The lowest BCUT2D eigenvalue weighted by molar-refractivity contribution is -0.117. The Bertz CT molecular complexity index is 1250. The first kappa shape index (κ1) is 23.0. The van der Waals surface area contributed by atoms with Gasteiger partial charge in [-0.05, 0) is 67.1 Å². The van der Waals surface area contributed by atoms with Crippen molar-refractivity contribution in [3.63, 3.8) is 0 Å². The minimum absolute atomic E-state index is 0.0862. The number of hydrogen-bond donors (Lipinski definition) is 1. The summed E-state index contributed by atoms with van der Waals surface area (Å²) >= 11 is 3.35. The first-order valence-corrected chi connectivity index (χ1v) is 12.6. The second kappa shape index (κ2) is 9.76. The van der Waals surface area contributed by atoms with Crippen molar-refractivity contribution in [2.45, 2.75) is 17.7 Å². The van der Waals surface area contributed by atoms with Crippen molar-refractivity contribution in [3.05, 3.63) is 83.3 Å². The molecule has 1 fully saturated rings. The molecule has 1 heterocycles. The van der Waals surface area contributed by atoms with E-state index in [4.69, 9.17) is 0 Å². The van der Waals surface area contributed by atoms with Crippen LogP contribution in [-0.4, -0.2) is 33.3 Å². The van der Waals surface area contributed by atoms with Crippen LogP contribution in [0, 0.1) is 0 Å². The van der Waals surface area contributed by atoms with Gasteiger partial charge in [-0.1, -0.05) is 34.1 Å². The van der Waals surface area contributed by atoms with Crippen molar-refractivity contribution >= 4 is 54.8 Å². The van der Waals surface area contributed by atoms with Gasteiger partial charge in [-0.2, -0.15) is 0 Å². The molecule has 0 spiro atoms. The van der Waals surface area contributed by atoms with Gasteiger partial charge in [-0.15, -0.1) is 0 Å². The predicted molar refractivity (Wildman–Crippen MR) is 132 cm³/mol. The molecule has 9 heteroatoms. The molecule has 0 atom stereocenters. The normalized spacial score (nSPS) is 13.7. The molecule has 7 nitrogen and oxygen atoms in total. The van der Waals surface area contributed by atoms with Crippen LogP contribution in [0.3, 0.4) is 0 Å². The van der Waals surface area contributed by atoms with Crippen LogP contribution in [0.5, 0.6) is 0 Å². The van der Waals surface area contributed by atoms with Crippen molar-refractivity contribution in [2.75, 3.05) is 27.6 Å². The molecule has 33 heavy (non-hydrogen) atoms. The lowest BCUT2D eigenvalue weighted by atomic mass is 10.2. The quantitative estimate of drug-likeness (QED) is 0.492. The largest absolute Gasteiger partial charge is 0.325 e. The third-order valence-electron chi connectivity index (χ3n) is 5.27. The lowest BCUT2D eigenvalue weighted by Gasteiger charge is -2.24. The maximum Gasteiger partial charge on any atom is 0.264 e. The summed E-state index contributed by atoms with van der Waals surface area (Å²) < 4.78 is 28.5. The number of halogens is 1. The van der Waals surface area contributed by atoms with Gasteiger partial charge in [-0.3, -0.25) is 13.9 Å². The summed E-state index contributed by atoms with van der Waals surface area (Å²) in [7, 11) is -3.97. The fraction of sp³-hybridized carbons (Fsp3) is 0.167. The molecule has 0 bridgehead atoms. The van der Waals surface area contributed by atoms with Crippen LogP contribution in [0.4, 0.5) is 17.1 Å². The van der Waals surface area contributed by atoms with E-state index in [1.54, 1.807) is 71.6 Å². The highest BCUT2D eigenvalue weighted by atomic mass is 79.9. The average Bonchev–Trinajstić information content (AvgIpc) is 3.25. The summed E-state index contributed by atoms with van der Waals surface area (Å²) in [6, 6.07) is 21.7. The average molecular weight is 528 g/mol. The summed E-state index contributed by atoms with van der Waals surface area (Å²) in [5, 5.41) is 2.75. The maximum absolute atomic E-state index is 13.3. The second-order valence-corrected chi connectivity index (χ2v) is 10.3. The Kier molecular flexibility index (Phi) is 6.80. The molecule has 1 saturated heterocycles. The molecule has 0 unspecified atom stereocenters. The highest BCUT2D eigenvalue weighted by Crippen LogP contribution is 2.26. The van der Waals surface area contributed by atoms with E-state index in [-0.39, 0.29) is 10.8 Å². The number of rotatable bonds is 7. The first-order valence-electron chi connectivity index (χ1n) is 10.4. The maximum atomic E-state index is 13.3. The third-order valence-corrected chi connectivity index (χ3v) is 7.59. The Labute approximate surface area is 201 Å². The number of hydrogen-bond acceptors (Lipinski definition) is 4. The number of benzene rings is 3. The van der Waals surface area contributed by atoms with E-state index in [2.05, 4.69) is 21.2 Å². The fourth-order valence-electron chi connectivity index (χ4n) is 3.62. The van der Waals surface area contributed by atoms with Gasteiger partial charge < -0.3 is 10.2 Å². The van der Waals surface area contributed by atoms with Gasteiger partial charge in [0.2, 0.25) is 11.8 Å². The number of nitrogens with zero attached hydrogens (tertiary/aromatic N) is 2. The van der Waals surface area contributed by atoms with E-state index in [9.17, 15) is 18.0 Å². The zero-order valence-corrected chi connectivity index (χ0v) is 20.1. The molecule has 1 aliphatic rings. The van der Waals surface area contributed by atoms with Crippen LogP contribution in [-0.2, 0) is 19.6 Å². The molecule has 0 aliphatic carbocycles. The molecule has 2 amide bonds. The summed E-state index contributed by atoms with van der Waals surface area (Å²) in [5.41, 5.74) is 1.67. The molecule has 170 valence electrons. The highest BCUT2D eigenvalue weighted by molar-refractivity contribution is 9.10. The zero-order valence-electron chi connectivity index (χ0n) is 17.6. The topological polar surface area (TPSA) is 86.8 Å². The van der Waals surface area contributed by atoms with Gasteiger partial charge in [0.05, 0.1) is 10.6 Å².